The molecule has 1 aliphatic carbocycles. The highest BCUT2D eigenvalue weighted by Crippen LogP contribution is 2.38. The monoisotopic (exact) mass is 418 g/mol. The van der Waals surface area contributed by atoms with E-state index in [4.69, 9.17) is 4.52 Å². The van der Waals surface area contributed by atoms with Crippen LogP contribution in [0, 0.1) is 5.82 Å². The molecule has 1 aliphatic rings. The third-order valence-electron chi connectivity index (χ3n) is 5.17. The molecule has 0 spiro atoms. The number of carbonyl (C=O) groups excluding carboxylic acids is 1. The van der Waals surface area contributed by atoms with Gasteiger partial charge in [0.2, 0.25) is 0 Å². The van der Waals surface area contributed by atoms with Gasteiger partial charge >= 0.3 is 0 Å². The molecule has 0 aliphatic heterocycles. The van der Waals surface area contributed by atoms with E-state index in [9.17, 15) is 9.18 Å². The molecule has 0 saturated heterocycles. The zero-order valence-corrected chi connectivity index (χ0v) is 16.7. The second-order valence-corrected chi connectivity index (χ2v) is 7.55. The number of carbonyl (C=O) groups is 1. The Bertz CT molecular complexity index is 1230. The van der Waals surface area contributed by atoms with Crippen molar-refractivity contribution in [3.63, 3.8) is 0 Å². The van der Waals surface area contributed by atoms with Crippen LogP contribution in [0.5, 0.6) is 0 Å². The van der Waals surface area contributed by atoms with E-state index in [1.54, 1.807) is 41.2 Å². The predicted octanol–water partition coefficient (Wildman–Crippen LogP) is 3.82. The quantitative estimate of drug-likeness (QED) is 0.511. The van der Waals surface area contributed by atoms with Crippen molar-refractivity contribution in [2.24, 2.45) is 0 Å². The normalized spacial score (nSPS) is 14.4. The summed E-state index contributed by atoms with van der Waals surface area (Å²) in [6, 6.07) is 9.31. The molecule has 0 radical (unpaired) electrons. The lowest BCUT2D eigenvalue weighted by atomic mass is 10.1. The Morgan fingerprint density at radius 3 is 2.81 bits per heavy atom. The number of rotatable bonds is 6. The molecule has 3 heterocycles. The molecule has 0 unspecified atom stereocenters. The Hall–Kier alpha value is -3.88. The first kappa shape index (κ1) is 19.1. The number of nitrogens with zero attached hydrogens (tertiary/aromatic N) is 5. The zero-order chi connectivity index (χ0) is 21.4. The summed E-state index contributed by atoms with van der Waals surface area (Å²) in [6.07, 6.45) is 6.96. The maximum Gasteiger partial charge on any atom is 0.271 e. The summed E-state index contributed by atoms with van der Waals surface area (Å²) in [4.78, 5) is 25.6. The number of halogens is 1. The molecule has 4 aromatic rings. The molecule has 5 rings (SSSR count). The van der Waals surface area contributed by atoms with Gasteiger partial charge in [-0.05, 0) is 49.6 Å². The summed E-state index contributed by atoms with van der Waals surface area (Å²) in [5.41, 5.74) is 1.79. The first-order chi connectivity index (χ1) is 15.1. The highest BCUT2D eigenvalue weighted by molar-refractivity contribution is 5.92. The van der Waals surface area contributed by atoms with Crippen LogP contribution in [-0.2, 0) is 0 Å². The maximum absolute atomic E-state index is 13.1. The van der Waals surface area contributed by atoms with Gasteiger partial charge in [-0.15, -0.1) is 0 Å². The molecule has 1 amide bonds. The molecule has 9 heteroatoms. The third kappa shape index (κ3) is 4.07. The summed E-state index contributed by atoms with van der Waals surface area (Å²) in [5, 5.41) is 6.90. The molecule has 1 saturated carbocycles. The number of pyridine rings is 1. The van der Waals surface area contributed by atoms with Gasteiger partial charge in [0, 0.05) is 23.9 Å². The van der Waals surface area contributed by atoms with E-state index in [-0.39, 0.29) is 23.5 Å². The van der Waals surface area contributed by atoms with Gasteiger partial charge in [-0.1, -0.05) is 17.3 Å². The Balaban J connectivity index is 1.31. The van der Waals surface area contributed by atoms with Crippen molar-refractivity contribution in [3.05, 3.63) is 78.0 Å². The Kier molecular flexibility index (Phi) is 4.78. The first-order valence-electron chi connectivity index (χ1n) is 9.97. The fourth-order valence-electron chi connectivity index (χ4n) is 3.22. The number of imidazole rings is 1. The van der Waals surface area contributed by atoms with Gasteiger partial charge < -0.3 is 9.84 Å². The Morgan fingerprint density at radius 2 is 2.03 bits per heavy atom. The molecule has 1 N–H and O–H groups in total. The van der Waals surface area contributed by atoms with Gasteiger partial charge in [0.05, 0.1) is 6.04 Å². The number of hydrogen-bond donors (Lipinski definition) is 1. The summed E-state index contributed by atoms with van der Waals surface area (Å²) in [5.74, 6) is 1.51. The van der Waals surface area contributed by atoms with E-state index in [1.165, 1.54) is 18.5 Å². The van der Waals surface area contributed by atoms with Crippen molar-refractivity contribution in [2.75, 3.05) is 0 Å². The van der Waals surface area contributed by atoms with Crippen LogP contribution in [0.4, 0.5) is 4.39 Å². The molecular formula is C22H19FN6O2. The van der Waals surface area contributed by atoms with E-state index >= 15 is 0 Å². The van der Waals surface area contributed by atoms with Gasteiger partial charge in [-0.3, -0.25) is 9.36 Å². The fourth-order valence-corrected chi connectivity index (χ4v) is 3.22. The lowest BCUT2D eigenvalue weighted by molar-refractivity contribution is 0.0935. The summed E-state index contributed by atoms with van der Waals surface area (Å²) >= 11 is 0. The molecule has 0 bridgehead atoms. The summed E-state index contributed by atoms with van der Waals surface area (Å²) < 4.78 is 20.1. The van der Waals surface area contributed by atoms with Crippen LogP contribution < -0.4 is 5.32 Å². The lowest BCUT2D eigenvalue weighted by Crippen LogP contribution is -2.26. The minimum absolute atomic E-state index is 0.245. The topological polar surface area (TPSA) is 98.7 Å². The average molecular weight is 418 g/mol. The largest absolute Gasteiger partial charge is 0.344 e. The number of amides is 1. The third-order valence-corrected chi connectivity index (χ3v) is 5.17. The minimum atomic E-state index is -0.335. The molecule has 1 aromatic carbocycles. The zero-order valence-electron chi connectivity index (χ0n) is 16.7. The van der Waals surface area contributed by atoms with Crippen LogP contribution in [0.2, 0.25) is 0 Å². The minimum Gasteiger partial charge on any atom is -0.344 e. The van der Waals surface area contributed by atoms with E-state index < -0.39 is 0 Å². The molecule has 1 atom stereocenters. The summed E-state index contributed by atoms with van der Waals surface area (Å²) in [6.45, 7) is 1.83. The maximum atomic E-state index is 13.1. The highest BCUT2D eigenvalue weighted by atomic mass is 19.1. The molecule has 8 nitrogen and oxygen atoms in total. The predicted molar refractivity (Wildman–Crippen MR) is 109 cm³/mol. The van der Waals surface area contributed by atoms with E-state index in [2.05, 4.69) is 25.4 Å². The van der Waals surface area contributed by atoms with Crippen molar-refractivity contribution in [1.29, 1.82) is 0 Å². The molecule has 156 valence electrons. The van der Waals surface area contributed by atoms with Crippen LogP contribution in [0.25, 0.3) is 17.3 Å². The van der Waals surface area contributed by atoms with Crippen LogP contribution in [0.1, 0.15) is 53.6 Å². The van der Waals surface area contributed by atoms with Crippen molar-refractivity contribution >= 4 is 5.91 Å². The van der Waals surface area contributed by atoms with E-state index in [0.29, 0.717) is 17.6 Å². The highest BCUT2D eigenvalue weighted by Gasteiger charge is 2.29. The first-order valence-corrected chi connectivity index (χ1v) is 9.97. The van der Waals surface area contributed by atoms with E-state index in [1.807, 2.05) is 6.92 Å². The Morgan fingerprint density at radius 1 is 1.23 bits per heavy atom. The number of aromatic nitrogens is 5. The van der Waals surface area contributed by atoms with Gasteiger partial charge in [-0.2, -0.15) is 4.98 Å². The lowest BCUT2D eigenvalue weighted by Gasteiger charge is -2.13. The van der Waals surface area contributed by atoms with Crippen LogP contribution in [-0.4, -0.2) is 30.6 Å². The number of nitrogens with one attached hydrogen (secondary N) is 1. The second kappa shape index (κ2) is 7.75. The molecule has 31 heavy (non-hydrogen) atoms. The smallest absolute Gasteiger partial charge is 0.271 e. The second-order valence-electron chi connectivity index (χ2n) is 7.55. The molecule has 1 fully saturated rings. The van der Waals surface area contributed by atoms with Gasteiger partial charge in [0.15, 0.2) is 5.82 Å². The SMILES string of the molecule is C[C@@H](NC(=O)c1cn(-c2cc(-c3nc(C4CC4)no3)ccn2)cn1)c1ccc(F)cc1. The van der Waals surface area contributed by atoms with E-state index in [0.717, 1.165) is 29.8 Å². The average Bonchev–Trinajstić information content (AvgIpc) is 3.30. The van der Waals surface area contributed by atoms with Crippen molar-refractivity contribution < 1.29 is 13.7 Å². The number of benzene rings is 1. The van der Waals surface area contributed by atoms with Crippen LogP contribution >= 0.6 is 0 Å². The van der Waals surface area contributed by atoms with Gasteiger partial charge in [-0.25, -0.2) is 14.4 Å². The van der Waals surface area contributed by atoms with Gasteiger partial charge in [0.1, 0.15) is 23.7 Å². The molecular weight excluding hydrogens is 399 g/mol. The standard InChI is InChI=1S/C22H19FN6O2/c1-13(14-4-6-17(23)7-5-14)26-21(30)18-11-29(12-25-18)19-10-16(8-9-24-19)22-27-20(28-31-22)15-2-3-15/h4-13,15H,2-3H2,1H3,(H,26,30)/t13-/m1/s1. The van der Waals surface area contributed by atoms with Crippen LogP contribution in [0.15, 0.2) is 59.6 Å². The fraction of sp³-hybridized carbons (Fsp3) is 0.227. The number of hydrogen-bond acceptors (Lipinski definition) is 6. The van der Waals surface area contributed by atoms with Gasteiger partial charge in [0.25, 0.3) is 11.8 Å². The van der Waals surface area contributed by atoms with Crippen molar-refractivity contribution in [1.82, 2.24) is 30.0 Å². The van der Waals surface area contributed by atoms with Crippen LogP contribution in [0.3, 0.4) is 0 Å². The summed E-state index contributed by atoms with van der Waals surface area (Å²) in [7, 11) is 0. The Labute approximate surface area is 177 Å². The van der Waals surface area contributed by atoms with Crippen molar-refractivity contribution in [3.8, 4) is 17.3 Å². The molecule has 3 aromatic heterocycles. The van der Waals surface area contributed by atoms with Crippen molar-refractivity contribution in [2.45, 2.75) is 31.7 Å².